The van der Waals surface area contributed by atoms with Gasteiger partial charge in [-0.25, -0.2) is 0 Å². The molecule has 0 saturated carbocycles. The molecule has 0 aliphatic rings. The third kappa shape index (κ3) is 8.68. The minimum Gasteiger partial charge on any atom is -0.358 e. The number of carbonyl (C=O) groups is 1. The number of hydrogen-bond donors (Lipinski definition) is 2. The summed E-state index contributed by atoms with van der Waals surface area (Å²) in [5.74, 6) is 0.0872. The lowest BCUT2D eigenvalue weighted by Gasteiger charge is -2.25. The third-order valence-corrected chi connectivity index (χ3v) is 2.27. The van der Waals surface area contributed by atoms with Crippen LogP contribution in [0.15, 0.2) is 0 Å². The molecule has 0 spiro atoms. The van der Waals surface area contributed by atoms with Gasteiger partial charge in [0.05, 0.1) is 6.54 Å². The molecular weight excluding hydrogens is 202 g/mol. The van der Waals surface area contributed by atoms with Crippen molar-refractivity contribution in [1.82, 2.24) is 15.5 Å². The summed E-state index contributed by atoms with van der Waals surface area (Å²) in [6, 6.07) is 0. The van der Waals surface area contributed by atoms with E-state index in [1.54, 1.807) is 7.05 Å². The summed E-state index contributed by atoms with van der Waals surface area (Å²) < 4.78 is 0. The Balaban J connectivity index is 3.89. The minimum absolute atomic E-state index is 0.0872. The lowest BCUT2D eigenvalue weighted by atomic mass is 10.1. The highest BCUT2D eigenvalue weighted by molar-refractivity contribution is 5.77. The molecule has 0 atom stereocenters. The standard InChI is InChI=1S/C12H27N3O/c1-6-8-15(10-11(16)13-5)9-7-14-12(2,3)4/h14H,6-10H2,1-5H3,(H,13,16). The number of nitrogens with one attached hydrogen (secondary N) is 2. The number of nitrogens with zero attached hydrogens (tertiary/aromatic N) is 1. The molecule has 16 heavy (non-hydrogen) atoms. The maximum absolute atomic E-state index is 11.3. The van der Waals surface area contributed by atoms with E-state index in [9.17, 15) is 4.79 Å². The molecule has 0 aromatic rings. The van der Waals surface area contributed by atoms with Crippen molar-refractivity contribution in [3.8, 4) is 0 Å². The highest BCUT2D eigenvalue weighted by Gasteiger charge is 2.11. The first-order valence-electron chi connectivity index (χ1n) is 6.07. The number of carbonyl (C=O) groups excluding carboxylic acids is 1. The van der Waals surface area contributed by atoms with Gasteiger partial charge in [0, 0.05) is 25.7 Å². The zero-order valence-electron chi connectivity index (χ0n) is 11.4. The summed E-state index contributed by atoms with van der Waals surface area (Å²) in [5.41, 5.74) is 0.144. The molecule has 0 bridgehead atoms. The molecule has 0 heterocycles. The number of rotatable bonds is 7. The summed E-state index contributed by atoms with van der Waals surface area (Å²) in [4.78, 5) is 13.5. The average Bonchev–Trinajstić information content (AvgIpc) is 2.15. The van der Waals surface area contributed by atoms with Crippen molar-refractivity contribution >= 4 is 5.91 Å². The first kappa shape index (κ1) is 15.4. The van der Waals surface area contributed by atoms with E-state index in [0.717, 1.165) is 26.1 Å². The van der Waals surface area contributed by atoms with Gasteiger partial charge in [-0.15, -0.1) is 0 Å². The second-order valence-corrected chi connectivity index (χ2v) is 5.13. The smallest absolute Gasteiger partial charge is 0.233 e. The van der Waals surface area contributed by atoms with Gasteiger partial charge in [-0.2, -0.15) is 0 Å². The summed E-state index contributed by atoms with van der Waals surface area (Å²) in [6.07, 6.45) is 1.08. The minimum atomic E-state index is 0.0872. The molecule has 4 nitrogen and oxygen atoms in total. The van der Waals surface area contributed by atoms with Crippen LogP contribution in [0, 0.1) is 0 Å². The molecule has 0 aromatic heterocycles. The largest absolute Gasteiger partial charge is 0.358 e. The van der Waals surface area contributed by atoms with Gasteiger partial charge in [-0.3, -0.25) is 9.69 Å². The van der Waals surface area contributed by atoms with Crippen LogP contribution >= 0.6 is 0 Å². The number of hydrogen-bond acceptors (Lipinski definition) is 3. The van der Waals surface area contributed by atoms with Gasteiger partial charge < -0.3 is 10.6 Å². The molecule has 1 amide bonds. The summed E-state index contributed by atoms with van der Waals surface area (Å²) in [5, 5.41) is 6.09. The molecule has 2 N–H and O–H groups in total. The van der Waals surface area contributed by atoms with Crippen LogP contribution in [0.4, 0.5) is 0 Å². The van der Waals surface area contributed by atoms with Crippen molar-refractivity contribution < 1.29 is 4.79 Å². The van der Waals surface area contributed by atoms with E-state index in [0.29, 0.717) is 6.54 Å². The maximum Gasteiger partial charge on any atom is 0.233 e. The predicted molar refractivity (Wildman–Crippen MR) is 68.6 cm³/mol. The summed E-state index contributed by atoms with van der Waals surface area (Å²) in [7, 11) is 1.68. The first-order valence-corrected chi connectivity index (χ1v) is 6.07. The molecule has 0 aliphatic carbocycles. The summed E-state index contributed by atoms with van der Waals surface area (Å²) >= 11 is 0. The average molecular weight is 229 g/mol. The zero-order valence-corrected chi connectivity index (χ0v) is 11.4. The Bertz CT molecular complexity index is 199. The van der Waals surface area contributed by atoms with Crippen LogP contribution in [-0.4, -0.2) is 49.6 Å². The molecule has 0 rings (SSSR count). The highest BCUT2D eigenvalue weighted by Crippen LogP contribution is 1.98. The van der Waals surface area contributed by atoms with E-state index in [-0.39, 0.29) is 11.4 Å². The predicted octanol–water partition coefficient (Wildman–Crippen LogP) is 0.833. The second-order valence-electron chi connectivity index (χ2n) is 5.13. The van der Waals surface area contributed by atoms with Crippen LogP contribution < -0.4 is 10.6 Å². The molecule has 0 radical (unpaired) electrons. The Hall–Kier alpha value is -0.610. The van der Waals surface area contributed by atoms with Crippen LogP contribution in [0.1, 0.15) is 34.1 Å². The molecule has 0 aromatic carbocycles. The van der Waals surface area contributed by atoms with Gasteiger partial charge in [-0.1, -0.05) is 6.92 Å². The fourth-order valence-electron chi connectivity index (χ4n) is 1.46. The van der Waals surface area contributed by atoms with Crippen LogP contribution in [0.5, 0.6) is 0 Å². The molecule has 0 saturated heterocycles. The normalized spacial score (nSPS) is 11.9. The van der Waals surface area contributed by atoms with Crippen LogP contribution in [0.2, 0.25) is 0 Å². The van der Waals surface area contributed by atoms with Gasteiger partial charge in [0.15, 0.2) is 0 Å². The SMILES string of the molecule is CCCN(CCNC(C)(C)C)CC(=O)NC. The van der Waals surface area contributed by atoms with E-state index in [2.05, 4.69) is 43.2 Å². The van der Waals surface area contributed by atoms with Crippen molar-refractivity contribution in [3.63, 3.8) is 0 Å². The molecule has 96 valence electrons. The summed E-state index contributed by atoms with van der Waals surface area (Å²) in [6.45, 7) is 11.9. The van der Waals surface area contributed by atoms with Crippen LogP contribution in [0.3, 0.4) is 0 Å². The van der Waals surface area contributed by atoms with Crippen molar-refractivity contribution in [2.45, 2.75) is 39.7 Å². The van der Waals surface area contributed by atoms with Gasteiger partial charge in [0.1, 0.15) is 0 Å². The number of amides is 1. The van der Waals surface area contributed by atoms with Gasteiger partial charge >= 0.3 is 0 Å². The van der Waals surface area contributed by atoms with E-state index < -0.39 is 0 Å². The molecule has 4 heteroatoms. The fraction of sp³-hybridized carbons (Fsp3) is 0.917. The molecule has 0 aliphatic heterocycles. The second kappa shape index (κ2) is 7.63. The molecular formula is C12H27N3O. The monoisotopic (exact) mass is 229 g/mol. The molecule has 0 unspecified atom stereocenters. The van der Waals surface area contributed by atoms with Gasteiger partial charge in [0.2, 0.25) is 5.91 Å². The Morgan fingerprint density at radius 1 is 1.25 bits per heavy atom. The quantitative estimate of drug-likeness (QED) is 0.680. The molecule has 0 fully saturated rings. The van der Waals surface area contributed by atoms with E-state index in [4.69, 9.17) is 0 Å². The maximum atomic E-state index is 11.3. The van der Waals surface area contributed by atoms with Crippen LogP contribution in [-0.2, 0) is 4.79 Å². The highest BCUT2D eigenvalue weighted by atomic mass is 16.1. The lowest BCUT2D eigenvalue weighted by molar-refractivity contribution is -0.121. The van der Waals surface area contributed by atoms with Crippen molar-refractivity contribution in [2.24, 2.45) is 0 Å². The van der Waals surface area contributed by atoms with Gasteiger partial charge in [-0.05, 0) is 33.7 Å². The van der Waals surface area contributed by atoms with E-state index >= 15 is 0 Å². The van der Waals surface area contributed by atoms with Crippen molar-refractivity contribution in [1.29, 1.82) is 0 Å². The van der Waals surface area contributed by atoms with Crippen molar-refractivity contribution in [3.05, 3.63) is 0 Å². The first-order chi connectivity index (χ1) is 7.39. The lowest BCUT2D eigenvalue weighted by Crippen LogP contribution is -2.44. The Kier molecular flexibility index (Phi) is 7.34. The Morgan fingerprint density at radius 3 is 2.31 bits per heavy atom. The van der Waals surface area contributed by atoms with Crippen molar-refractivity contribution in [2.75, 3.05) is 33.2 Å². The number of likely N-dealkylation sites (N-methyl/N-ethyl adjacent to an activating group) is 1. The Labute approximate surface area is 99.8 Å². The zero-order chi connectivity index (χ0) is 12.6. The fourth-order valence-corrected chi connectivity index (χ4v) is 1.46. The topological polar surface area (TPSA) is 44.4 Å². The van der Waals surface area contributed by atoms with E-state index in [1.165, 1.54) is 0 Å². The van der Waals surface area contributed by atoms with Crippen LogP contribution in [0.25, 0.3) is 0 Å². The van der Waals surface area contributed by atoms with E-state index in [1.807, 2.05) is 0 Å². The third-order valence-electron chi connectivity index (χ3n) is 2.27. The van der Waals surface area contributed by atoms with Gasteiger partial charge in [0.25, 0.3) is 0 Å². The Morgan fingerprint density at radius 2 is 1.88 bits per heavy atom.